The minimum Gasteiger partial charge on any atom is -0.466 e. The third-order valence-corrected chi connectivity index (χ3v) is 19.6. The van der Waals surface area contributed by atoms with Crippen LogP contribution in [0.1, 0.15) is 61.7 Å². The quantitative estimate of drug-likeness (QED) is 0.0972. The molecular formula is C62H53N5O8S3. The lowest BCUT2D eigenvalue weighted by molar-refractivity contribution is -0.140. The van der Waals surface area contributed by atoms with Crippen molar-refractivity contribution in [2.24, 2.45) is 9.98 Å². The van der Waals surface area contributed by atoms with E-state index >= 15 is 9.59 Å². The summed E-state index contributed by atoms with van der Waals surface area (Å²) in [5, 5.41) is 0.421. The van der Waals surface area contributed by atoms with Crippen molar-refractivity contribution in [3.8, 4) is 10.4 Å². The summed E-state index contributed by atoms with van der Waals surface area (Å²) in [7, 11) is -7.66. The molecule has 4 aliphatic heterocycles. The smallest absolute Gasteiger partial charge is 0.255 e. The Morgan fingerprint density at radius 3 is 1.49 bits per heavy atom. The molecule has 7 aromatic carbocycles. The Bertz CT molecular complexity index is 3880. The molecule has 0 spiro atoms. The van der Waals surface area contributed by atoms with E-state index in [1.807, 2.05) is 140 Å². The van der Waals surface area contributed by atoms with E-state index in [-0.39, 0.29) is 78.0 Å². The predicted molar refractivity (Wildman–Crippen MR) is 299 cm³/mol. The van der Waals surface area contributed by atoms with Crippen LogP contribution >= 0.6 is 11.3 Å². The molecule has 1 aromatic heterocycles. The summed E-state index contributed by atoms with van der Waals surface area (Å²) in [6, 6.07) is 57.4. The first-order chi connectivity index (χ1) is 37.8. The number of hydrogen-bond donors (Lipinski definition) is 0. The lowest BCUT2D eigenvalue weighted by Crippen LogP contribution is -2.50. The molecule has 0 unspecified atom stereocenters. The number of carbonyl (C=O) groups is 2. The molecule has 12 rings (SSSR count). The van der Waals surface area contributed by atoms with Crippen LogP contribution in [-0.4, -0.2) is 90.9 Å². The van der Waals surface area contributed by atoms with Gasteiger partial charge in [-0.15, -0.1) is 11.3 Å². The van der Waals surface area contributed by atoms with E-state index in [1.54, 1.807) is 70.6 Å². The molecule has 0 N–H and O–H groups in total. The maximum absolute atomic E-state index is 15.3. The standard InChI is InChI=1S/C62H53N5O8S3/c1-42-25-27-46(28-26-42)56-64-61(37-43-15-5-2-6-16-43)54(74-56)51-23-13-11-19-47(51)40-66(59(61)68)34-36-78(72,73)50-31-29-45(30-32-50)53-39-63-58(76-53)57-65-62(38-44-17-7-3-8-18-44)55(75-57)52-24-14-12-20-48(52)41-67(60(62)69)33-35-77(70,71)49-21-9-4-10-22-49/h2-32,39,54-55H,33-38,40-41H2,1H3/t54-,55-,61-,62-/m0/s1. The van der Waals surface area contributed by atoms with Gasteiger partial charge < -0.3 is 19.3 Å². The van der Waals surface area contributed by atoms with Gasteiger partial charge in [0.25, 0.3) is 11.8 Å². The monoisotopic (exact) mass is 1090 g/mol. The second-order valence-corrected chi connectivity index (χ2v) is 25.5. The molecule has 0 bridgehead atoms. The van der Waals surface area contributed by atoms with Gasteiger partial charge in [0.2, 0.25) is 11.8 Å². The Hall–Kier alpha value is -8.05. The number of thiazole rings is 1. The van der Waals surface area contributed by atoms with Crippen molar-refractivity contribution in [2.45, 2.75) is 65.9 Å². The molecule has 0 saturated carbocycles. The van der Waals surface area contributed by atoms with Crippen molar-refractivity contribution in [1.29, 1.82) is 0 Å². The topological polar surface area (TPSA) is 165 Å². The number of aryl methyl sites for hydroxylation is 1. The third-order valence-electron chi connectivity index (χ3n) is 15.1. The minimum atomic E-state index is -3.93. The van der Waals surface area contributed by atoms with Gasteiger partial charge >= 0.3 is 0 Å². The summed E-state index contributed by atoms with van der Waals surface area (Å²) in [6.45, 7) is 2.22. The third kappa shape index (κ3) is 9.51. The molecular weight excluding hydrogens is 1040 g/mol. The van der Waals surface area contributed by atoms with Gasteiger partial charge in [-0.1, -0.05) is 157 Å². The summed E-state index contributed by atoms with van der Waals surface area (Å²) in [4.78, 5) is 49.8. The first-order valence-corrected chi connectivity index (χ1v) is 29.9. The summed E-state index contributed by atoms with van der Waals surface area (Å²) >= 11 is 1.29. The molecule has 392 valence electrons. The number of fused-ring (bicyclic) bond motifs is 6. The van der Waals surface area contributed by atoms with Crippen LogP contribution in [0.25, 0.3) is 10.4 Å². The van der Waals surface area contributed by atoms with Gasteiger partial charge in [-0.2, -0.15) is 0 Å². The maximum Gasteiger partial charge on any atom is 0.255 e. The molecule has 5 heterocycles. The molecule has 0 radical (unpaired) electrons. The van der Waals surface area contributed by atoms with E-state index in [0.29, 0.717) is 21.3 Å². The van der Waals surface area contributed by atoms with E-state index in [9.17, 15) is 16.8 Å². The van der Waals surface area contributed by atoms with Crippen LogP contribution in [0.5, 0.6) is 0 Å². The number of aliphatic imine (C=N–C) groups is 2. The molecule has 0 aliphatic carbocycles. The van der Waals surface area contributed by atoms with E-state index < -0.39 is 43.0 Å². The van der Waals surface area contributed by atoms with Gasteiger partial charge in [0, 0.05) is 61.9 Å². The summed E-state index contributed by atoms with van der Waals surface area (Å²) in [5.41, 5.74) is 4.66. The van der Waals surface area contributed by atoms with Crippen molar-refractivity contribution in [2.75, 3.05) is 24.6 Å². The Morgan fingerprint density at radius 2 is 0.962 bits per heavy atom. The second-order valence-electron chi connectivity index (χ2n) is 20.2. The zero-order chi connectivity index (χ0) is 53.7. The van der Waals surface area contributed by atoms with Crippen molar-refractivity contribution in [1.82, 2.24) is 14.8 Å². The SMILES string of the molecule is Cc1ccc(C2=N[C@]3(Cc4ccccc4)C(=O)N(CCS(=O)(=O)c4ccc(-c5cnc(C6=N[C@]7(Cc8ccccc8)C(=O)N(CCS(=O)(=O)c8ccccc8)Cc8ccccc8[C@@H]7O6)s5)cc4)Cc4ccccc4[C@@H]3O2)cc1. The van der Waals surface area contributed by atoms with Crippen molar-refractivity contribution in [3.63, 3.8) is 0 Å². The van der Waals surface area contributed by atoms with E-state index in [0.717, 1.165) is 44.5 Å². The van der Waals surface area contributed by atoms with E-state index in [4.69, 9.17) is 24.4 Å². The average molecular weight is 1090 g/mol. The van der Waals surface area contributed by atoms with Crippen LogP contribution in [0.3, 0.4) is 0 Å². The molecule has 8 aromatic rings. The maximum atomic E-state index is 15.3. The Morgan fingerprint density at radius 1 is 0.526 bits per heavy atom. The second kappa shape index (κ2) is 20.4. The van der Waals surface area contributed by atoms with E-state index in [2.05, 4.69) is 0 Å². The first-order valence-electron chi connectivity index (χ1n) is 25.8. The first kappa shape index (κ1) is 50.7. The number of sulfone groups is 2. The molecule has 0 fully saturated rings. The number of ether oxygens (including phenoxy) is 2. The molecule has 0 saturated heterocycles. The number of aromatic nitrogens is 1. The van der Waals surface area contributed by atoms with Crippen LogP contribution in [0.4, 0.5) is 0 Å². The summed E-state index contributed by atoms with van der Waals surface area (Å²) < 4.78 is 69.3. The Kier molecular flexibility index (Phi) is 13.3. The summed E-state index contributed by atoms with van der Waals surface area (Å²) in [5.74, 6) is -0.735. The average Bonchev–Trinajstić information content (AvgIpc) is 4.40. The highest BCUT2D eigenvalue weighted by molar-refractivity contribution is 7.91. The fraction of sp³-hybridized carbons (Fsp3) is 0.210. The highest BCUT2D eigenvalue weighted by Gasteiger charge is 2.58. The van der Waals surface area contributed by atoms with Gasteiger partial charge in [0.05, 0.1) is 26.2 Å². The number of carbonyl (C=O) groups excluding carboxylic acids is 2. The highest BCUT2D eigenvalue weighted by atomic mass is 32.2. The Balaban J connectivity index is 0.811. The van der Waals surface area contributed by atoms with Crippen LogP contribution in [-0.2, 0) is 64.7 Å². The Labute approximate surface area is 457 Å². The van der Waals surface area contributed by atoms with Gasteiger partial charge in [-0.3, -0.25) is 9.59 Å². The molecule has 13 nitrogen and oxygen atoms in total. The van der Waals surface area contributed by atoms with Crippen LogP contribution in [0.2, 0.25) is 0 Å². The fourth-order valence-corrected chi connectivity index (χ4v) is 14.4. The number of benzene rings is 7. The lowest BCUT2D eigenvalue weighted by Gasteiger charge is -2.32. The van der Waals surface area contributed by atoms with Crippen molar-refractivity contribution < 1.29 is 35.9 Å². The van der Waals surface area contributed by atoms with Crippen LogP contribution in [0.15, 0.2) is 214 Å². The molecule has 78 heavy (non-hydrogen) atoms. The summed E-state index contributed by atoms with van der Waals surface area (Å²) in [6.07, 6.45) is 0.494. The van der Waals surface area contributed by atoms with E-state index in [1.165, 1.54) is 11.3 Å². The molecule has 2 amide bonds. The molecule has 4 atom stereocenters. The van der Waals surface area contributed by atoms with Crippen LogP contribution in [0, 0.1) is 6.92 Å². The zero-order valence-corrected chi connectivity index (χ0v) is 45.0. The van der Waals surface area contributed by atoms with Gasteiger partial charge in [0.1, 0.15) is 0 Å². The normalized spacial score (nSPS) is 20.7. The number of hydrogen-bond acceptors (Lipinski definition) is 12. The molecule has 4 aliphatic rings. The van der Waals surface area contributed by atoms with Crippen LogP contribution < -0.4 is 0 Å². The van der Waals surface area contributed by atoms with Crippen molar-refractivity contribution >= 4 is 54.6 Å². The molecule has 16 heteroatoms. The number of rotatable bonds is 15. The van der Waals surface area contributed by atoms with Crippen molar-refractivity contribution in [3.05, 3.63) is 244 Å². The predicted octanol–water partition coefficient (Wildman–Crippen LogP) is 9.75. The van der Waals surface area contributed by atoms with Gasteiger partial charge in [-0.05, 0) is 71.1 Å². The van der Waals surface area contributed by atoms with Gasteiger partial charge in [0.15, 0.2) is 48.0 Å². The van der Waals surface area contributed by atoms with Gasteiger partial charge in [-0.25, -0.2) is 31.8 Å². The minimum absolute atomic E-state index is 0.0628. The number of nitrogens with zero attached hydrogens (tertiary/aromatic N) is 5. The number of amides is 2. The largest absolute Gasteiger partial charge is 0.466 e. The fourth-order valence-electron chi connectivity index (χ4n) is 11.1. The lowest BCUT2D eigenvalue weighted by atomic mass is 9.81. The zero-order valence-electron chi connectivity index (χ0n) is 42.5. The highest BCUT2D eigenvalue weighted by Crippen LogP contribution is 2.49.